The molecule has 29 heavy (non-hydrogen) atoms. The third-order valence-electron chi connectivity index (χ3n) is 5.67. The Balaban J connectivity index is 1.32. The number of methoxy groups -OCH3 is 1. The Labute approximate surface area is 172 Å². The van der Waals surface area contributed by atoms with Crippen molar-refractivity contribution in [2.45, 2.75) is 25.8 Å². The molecule has 0 atom stereocenters. The van der Waals surface area contributed by atoms with E-state index in [-0.39, 0.29) is 5.97 Å². The summed E-state index contributed by atoms with van der Waals surface area (Å²) in [6.07, 6.45) is 2.50. The van der Waals surface area contributed by atoms with E-state index in [9.17, 15) is 4.79 Å². The van der Waals surface area contributed by atoms with Gasteiger partial charge in [-0.3, -0.25) is 9.69 Å². The predicted molar refractivity (Wildman–Crippen MR) is 115 cm³/mol. The largest absolute Gasteiger partial charge is 0.493 e. The molecular weight excluding hydrogens is 361 g/mol. The van der Waals surface area contributed by atoms with Gasteiger partial charge < -0.3 is 9.47 Å². The number of nitrogens with zero attached hydrogens (tertiary/aromatic N) is 1. The second-order valence-electron chi connectivity index (χ2n) is 7.73. The molecule has 1 aliphatic heterocycles. The summed E-state index contributed by atoms with van der Waals surface area (Å²) in [5.41, 5.74) is 1.34. The van der Waals surface area contributed by atoms with Crippen molar-refractivity contribution in [3.05, 3.63) is 72.3 Å². The van der Waals surface area contributed by atoms with E-state index in [1.165, 1.54) is 5.56 Å². The first-order chi connectivity index (χ1) is 14.2. The van der Waals surface area contributed by atoms with Gasteiger partial charge in [-0.15, -0.1) is 0 Å². The molecular formula is C25H27NO3. The monoisotopic (exact) mass is 388 g/mol. The van der Waals surface area contributed by atoms with E-state index in [1.54, 1.807) is 7.11 Å². The number of hydrogen-bond acceptors (Lipinski definition) is 4. The van der Waals surface area contributed by atoms with Crippen LogP contribution in [0.5, 0.6) is 11.5 Å². The number of carbonyl (C=O) groups excluding carboxylic acids is 1. The van der Waals surface area contributed by atoms with E-state index < -0.39 is 0 Å². The fourth-order valence-electron chi connectivity index (χ4n) is 4.03. The van der Waals surface area contributed by atoms with Gasteiger partial charge in [0.25, 0.3) is 0 Å². The molecule has 0 aliphatic carbocycles. The van der Waals surface area contributed by atoms with Gasteiger partial charge in [0.1, 0.15) is 0 Å². The van der Waals surface area contributed by atoms with Crippen LogP contribution in [0.15, 0.2) is 66.7 Å². The molecule has 1 fully saturated rings. The van der Waals surface area contributed by atoms with Crippen LogP contribution >= 0.6 is 0 Å². The van der Waals surface area contributed by atoms with Crippen molar-refractivity contribution < 1.29 is 14.3 Å². The third-order valence-corrected chi connectivity index (χ3v) is 5.67. The van der Waals surface area contributed by atoms with Gasteiger partial charge in [0.15, 0.2) is 11.5 Å². The Morgan fingerprint density at radius 1 is 0.931 bits per heavy atom. The smallest absolute Gasteiger partial charge is 0.311 e. The number of rotatable bonds is 6. The van der Waals surface area contributed by atoms with Crippen molar-refractivity contribution in [3.63, 3.8) is 0 Å². The molecule has 4 heteroatoms. The minimum atomic E-state index is -0.180. The number of hydrogen-bond donors (Lipinski definition) is 0. The van der Waals surface area contributed by atoms with Gasteiger partial charge in [0.05, 0.1) is 7.11 Å². The van der Waals surface area contributed by atoms with Crippen molar-refractivity contribution in [1.82, 2.24) is 4.90 Å². The van der Waals surface area contributed by atoms with E-state index in [4.69, 9.17) is 9.47 Å². The maximum atomic E-state index is 12.6. The fraction of sp³-hybridized carbons (Fsp3) is 0.320. The van der Waals surface area contributed by atoms with Crippen molar-refractivity contribution in [3.8, 4) is 11.5 Å². The average molecular weight is 388 g/mol. The molecule has 0 radical (unpaired) electrons. The number of esters is 1. The van der Waals surface area contributed by atoms with E-state index in [0.717, 1.165) is 43.2 Å². The van der Waals surface area contributed by atoms with Crippen molar-refractivity contribution in [1.29, 1.82) is 0 Å². The second-order valence-corrected chi connectivity index (χ2v) is 7.73. The molecule has 0 unspecified atom stereocenters. The normalized spacial score (nSPS) is 15.3. The molecule has 0 amide bonds. The Morgan fingerprint density at radius 3 is 2.21 bits per heavy atom. The zero-order valence-corrected chi connectivity index (χ0v) is 16.8. The lowest BCUT2D eigenvalue weighted by Crippen LogP contribution is -2.34. The lowest BCUT2D eigenvalue weighted by Gasteiger charge is -2.31. The highest BCUT2D eigenvalue weighted by Gasteiger charge is 2.23. The lowest BCUT2D eigenvalue weighted by molar-refractivity contribution is -0.135. The number of benzene rings is 3. The van der Waals surface area contributed by atoms with Gasteiger partial charge in [-0.1, -0.05) is 54.6 Å². The Morgan fingerprint density at radius 2 is 1.55 bits per heavy atom. The maximum Gasteiger partial charge on any atom is 0.311 e. The van der Waals surface area contributed by atoms with Crippen LogP contribution in [0.4, 0.5) is 0 Å². The highest BCUT2D eigenvalue weighted by molar-refractivity contribution is 5.87. The predicted octanol–water partition coefficient (Wildman–Crippen LogP) is 5.06. The highest BCUT2D eigenvalue weighted by Crippen LogP contribution is 2.33. The van der Waals surface area contributed by atoms with E-state index in [1.807, 2.05) is 42.5 Å². The highest BCUT2D eigenvalue weighted by atomic mass is 16.5. The standard InChI is InChI=1S/C25H27NO3/c1-28-23-16-21-9-5-6-10-22(21)17-24(23)29-25(27)15-19-11-13-26(14-12-19)18-20-7-3-2-4-8-20/h2-10,16-17,19H,11-15,18H2,1H3/i1-1. The zero-order chi connectivity index (χ0) is 20.1. The van der Waals surface area contributed by atoms with Crippen LogP contribution in [0.1, 0.15) is 24.8 Å². The molecule has 4 nitrogen and oxygen atoms in total. The van der Waals surface area contributed by atoms with Crippen LogP contribution in [0.2, 0.25) is 0 Å². The van der Waals surface area contributed by atoms with Gasteiger partial charge in [-0.25, -0.2) is 0 Å². The third kappa shape index (κ3) is 4.96. The number of piperidine rings is 1. The molecule has 3 aromatic carbocycles. The van der Waals surface area contributed by atoms with E-state index in [2.05, 4.69) is 29.2 Å². The molecule has 0 spiro atoms. The van der Waals surface area contributed by atoms with Crippen LogP contribution in [0.25, 0.3) is 10.8 Å². The average Bonchev–Trinajstić information content (AvgIpc) is 2.75. The summed E-state index contributed by atoms with van der Waals surface area (Å²) in [6.45, 7) is 3.02. The molecule has 1 heterocycles. The first kappa shape index (κ1) is 19.5. The molecule has 1 saturated heterocycles. The first-order valence-electron chi connectivity index (χ1n) is 10.2. The van der Waals surface area contributed by atoms with E-state index in [0.29, 0.717) is 23.8 Å². The van der Waals surface area contributed by atoms with Crippen LogP contribution < -0.4 is 9.47 Å². The molecule has 0 saturated carbocycles. The number of carbonyl (C=O) groups is 1. The SMILES string of the molecule is [11CH3]Oc1cc2ccccc2cc1OC(=O)CC1CCN(Cc2ccccc2)CC1. The Hall–Kier alpha value is -2.85. The molecule has 0 aromatic heterocycles. The molecule has 150 valence electrons. The topological polar surface area (TPSA) is 38.8 Å². The summed E-state index contributed by atoms with van der Waals surface area (Å²) >= 11 is 0. The maximum absolute atomic E-state index is 12.6. The van der Waals surface area contributed by atoms with Crippen LogP contribution in [0.3, 0.4) is 0 Å². The molecule has 4 rings (SSSR count). The number of likely N-dealkylation sites (tertiary alicyclic amines) is 1. The summed E-state index contributed by atoms with van der Waals surface area (Å²) in [7, 11) is 1.60. The minimum absolute atomic E-state index is 0.180. The summed E-state index contributed by atoms with van der Waals surface area (Å²) in [4.78, 5) is 15.0. The van der Waals surface area contributed by atoms with E-state index >= 15 is 0 Å². The summed E-state index contributed by atoms with van der Waals surface area (Å²) in [5.74, 6) is 1.29. The van der Waals surface area contributed by atoms with Gasteiger partial charge in [-0.2, -0.15) is 0 Å². The van der Waals surface area contributed by atoms with Gasteiger partial charge in [0, 0.05) is 13.0 Å². The Bertz CT molecular complexity index is 962. The summed E-state index contributed by atoms with van der Waals surface area (Å²) < 4.78 is 11.1. The van der Waals surface area contributed by atoms with Crippen LogP contribution in [0, 0.1) is 5.92 Å². The summed E-state index contributed by atoms with van der Waals surface area (Å²) in [6, 6.07) is 22.3. The van der Waals surface area contributed by atoms with Gasteiger partial charge in [0.2, 0.25) is 0 Å². The van der Waals surface area contributed by atoms with Crippen molar-refractivity contribution in [2.24, 2.45) is 5.92 Å². The minimum Gasteiger partial charge on any atom is -0.493 e. The number of ether oxygens (including phenoxy) is 2. The van der Waals surface area contributed by atoms with Crippen molar-refractivity contribution >= 4 is 16.7 Å². The Kier molecular flexibility index (Phi) is 6.11. The lowest BCUT2D eigenvalue weighted by atomic mass is 9.93. The second kappa shape index (κ2) is 9.10. The van der Waals surface area contributed by atoms with Crippen LogP contribution in [-0.2, 0) is 11.3 Å². The first-order valence-corrected chi connectivity index (χ1v) is 10.2. The molecule has 1 aliphatic rings. The molecule has 0 bridgehead atoms. The fourth-order valence-corrected chi connectivity index (χ4v) is 4.03. The van der Waals surface area contributed by atoms with Gasteiger partial charge in [-0.05, 0) is 60.3 Å². The van der Waals surface area contributed by atoms with Crippen molar-refractivity contribution in [2.75, 3.05) is 20.2 Å². The molecule has 3 aromatic rings. The van der Waals surface area contributed by atoms with Crippen LogP contribution in [-0.4, -0.2) is 31.1 Å². The van der Waals surface area contributed by atoms with Gasteiger partial charge >= 0.3 is 5.97 Å². The zero-order valence-electron chi connectivity index (χ0n) is 16.8. The molecule has 0 N–H and O–H groups in total. The quantitative estimate of drug-likeness (QED) is 0.437. The number of fused-ring (bicyclic) bond motifs is 1. The summed E-state index contributed by atoms with van der Waals surface area (Å²) in [5, 5.41) is 2.10.